The highest BCUT2D eigenvalue weighted by Gasteiger charge is 2.10. The van der Waals surface area contributed by atoms with Gasteiger partial charge in [-0.05, 0) is 43.1 Å². The van der Waals surface area contributed by atoms with E-state index in [1.54, 1.807) is 0 Å². The van der Waals surface area contributed by atoms with E-state index in [2.05, 4.69) is 49.7 Å². The molecule has 84 valence electrons. The van der Waals surface area contributed by atoms with E-state index in [1.807, 2.05) is 21.1 Å². The van der Waals surface area contributed by atoms with Gasteiger partial charge in [0, 0.05) is 7.05 Å². The molecule has 1 heterocycles. The van der Waals surface area contributed by atoms with Crippen molar-refractivity contribution in [2.24, 2.45) is 0 Å². The van der Waals surface area contributed by atoms with Crippen molar-refractivity contribution in [3.63, 3.8) is 0 Å². The summed E-state index contributed by atoms with van der Waals surface area (Å²) in [6.45, 7) is 2.89. The minimum atomic E-state index is 0.776. The van der Waals surface area contributed by atoms with Crippen molar-refractivity contribution in [3.8, 4) is 0 Å². The molecular weight excluding hydrogens is 303 g/mol. The summed E-state index contributed by atoms with van der Waals surface area (Å²) >= 11 is 2.29. The van der Waals surface area contributed by atoms with Crippen LogP contribution in [-0.2, 0) is 13.0 Å². The molecule has 0 aliphatic heterocycles. The van der Waals surface area contributed by atoms with Crippen LogP contribution in [0.1, 0.15) is 18.4 Å². The molecule has 15 heavy (non-hydrogen) atoms. The smallest absolute Gasteiger partial charge is 0.145 e. The highest BCUT2D eigenvalue weighted by molar-refractivity contribution is 14.1. The Morgan fingerprint density at radius 2 is 2.00 bits per heavy atom. The predicted molar refractivity (Wildman–Crippen MR) is 71.1 cm³/mol. The van der Waals surface area contributed by atoms with Crippen LogP contribution >= 0.6 is 22.6 Å². The normalized spacial score (nSPS) is 10.8. The molecule has 0 saturated heterocycles. The first-order valence-corrected chi connectivity index (χ1v) is 6.04. The number of rotatable bonds is 4. The number of nitrogens with zero attached hydrogens (tertiary/aromatic N) is 3. The fraction of sp³-hybridized carbons (Fsp3) is 0.600. The summed E-state index contributed by atoms with van der Waals surface area (Å²) in [6, 6.07) is 0. The monoisotopic (exact) mass is 320 g/mol. The van der Waals surface area contributed by atoms with Crippen molar-refractivity contribution in [3.05, 3.63) is 15.1 Å². The second-order valence-corrected chi connectivity index (χ2v) is 4.67. The zero-order chi connectivity index (χ0) is 11.4. The molecule has 1 aromatic heterocycles. The number of nitrogens with one attached hydrogen (secondary N) is 1. The molecule has 4 nitrogen and oxygen atoms in total. The van der Waals surface area contributed by atoms with E-state index in [1.165, 1.54) is 0 Å². The van der Waals surface area contributed by atoms with Crippen LogP contribution < -0.4 is 5.32 Å². The molecule has 0 fully saturated rings. The van der Waals surface area contributed by atoms with Crippen molar-refractivity contribution >= 4 is 28.4 Å². The zero-order valence-electron chi connectivity index (χ0n) is 9.63. The summed E-state index contributed by atoms with van der Waals surface area (Å²) < 4.78 is 1.13. The van der Waals surface area contributed by atoms with E-state index in [4.69, 9.17) is 0 Å². The van der Waals surface area contributed by atoms with Gasteiger partial charge >= 0.3 is 0 Å². The number of aryl methyl sites for hydroxylation is 1. The molecular formula is C10H17IN4. The van der Waals surface area contributed by atoms with Crippen molar-refractivity contribution in [2.45, 2.75) is 19.9 Å². The van der Waals surface area contributed by atoms with Crippen LogP contribution in [0, 0.1) is 3.57 Å². The Labute approximate surface area is 105 Å². The van der Waals surface area contributed by atoms with Crippen LogP contribution in [0.15, 0.2) is 0 Å². The maximum absolute atomic E-state index is 4.54. The van der Waals surface area contributed by atoms with Crippen LogP contribution in [0.4, 0.5) is 5.82 Å². The molecule has 0 aromatic carbocycles. The molecule has 1 rings (SSSR count). The van der Waals surface area contributed by atoms with Gasteiger partial charge in [0.2, 0.25) is 0 Å². The summed E-state index contributed by atoms with van der Waals surface area (Å²) in [5, 5.41) is 3.11. The second kappa shape index (κ2) is 5.60. The molecule has 0 atom stereocenters. The molecule has 0 saturated carbocycles. The minimum Gasteiger partial charge on any atom is -0.372 e. The first-order valence-electron chi connectivity index (χ1n) is 4.96. The van der Waals surface area contributed by atoms with E-state index < -0.39 is 0 Å². The molecule has 0 aliphatic rings. The third-order valence-corrected chi connectivity index (χ3v) is 3.13. The summed E-state index contributed by atoms with van der Waals surface area (Å²) in [4.78, 5) is 11.1. The number of hydrogen-bond donors (Lipinski definition) is 1. The van der Waals surface area contributed by atoms with Gasteiger partial charge in [-0.2, -0.15) is 0 Å². The SMILES string of the molecule is CCc1nc(CN(C)C)nc(NC)c1I. The summed E-state index contributed by atoms with van der Waals surface area (Å²) in [7, 11) is 5.93. The van der Waals surface area contributed by atoms with Gasteiger partial charge in [0.25, 0.3) is 0 Å². The molecule has 5 heteroatoms. The van der Waals surface area contributed by atoms with Crippen LogP contribution in [0.25, 0.3) is 0 Å². The Morgan fingerprint density at radius 1 is 1.33 bits per heavy atom. The van der Waals surface area contributed by atoms with Crippen molar-refractivity contribution in [2.75, 3.05) is 26.5 Å². The predicted octanol–water partition coefficient (Wildman–Crippen LogP) is 1.75. The fourth-order valence-electron chi connectivity index (χ4n) is 1.30. The Kier molecular flexibility index (Phi) is 4.72. The van der Waals surface area contributed by atoms with Gasteiger partial charge in [-0.25, -0.2) is 9.97 Å². The molecule has 1 aromatic rings. The van der Waals surface area contributed by atoms with Gasteiger partial charge in [-0.15, -0.1) is 0 Å². The lowest BCUT2D eigenvalue weighted by Gasteiger charge is -2.12. The molecule has 0 unspecified atom stereocenters. The van der Waals surface area contributed by atoms with Gasteiger partial charge in [0.05, 0.1) is 15.8 Å². The third kappa shape index (κ3) is 3.27. The Hall–Kier alpha value is -0.430. The Balaban J connectivity index is 3.09. The zero-order valence-corrected chi connectivity index (χ0v) is 11.8. The summed E-state index contributed by atoms with van der Waals surface area (Å²) in [6.07, 6.45) is 0.940. The van der Waals surface area contributed by atoms with Crippen LogP contribution in [0.3, 0.4) is 0 Å². The highest BCUT2D eigenvalue weighted by atomic mass is 127. The van der Waals surface area contributed by atoms with Crippen LogP contribution in [-0.4, -0.2) is 36.0 Å². The maximum Gasteiger partial charge on any atom is 0.145 e. The van der Waals surface area contributed by atoms with Gasteiger partial charge in [0.15, 0.2) is 0 Å². The first-order chi connectivity index (χ1) is 7.08. The lowest BCUT2D eigenvalue weighted by molar-refractivity contribution is 0.390. The lowest BCUT2D eigenvalue weighted by atomic mass is 10.3. The van der Waals surface area contributed by atoms with E-state index in [0.717, 1.165) is 33.9 Å². The third-order valence-electron chi connectivity index (χ3n) is 2.00. The standard InChI is InChI=1S/C10H17IN4/c1-5-7-9(11)10(12-2)14-8(13-7)6-15(3)4/h5-6H2,1-4H3,(H,12,13,14). The quantitative estimate of drug-likeness (QED) is 0.858. The molecule has 1 N–H and O–H groups in total. The van der Waals surface area contributed by atoms with Gasteiger partial charge in [0.1, 0.15) is 11.6 Å². The van der Waals surface area contributed by atoms with Crippen LogP contribution in [0.2, 0.25) is 0 Å². The number of halogens is 1. The van der Waals surface area contributed by atoms with Crippen molar-refractivity contribution in [1.82, 2.24) is 14.9 Å². The average Bonchev–Trinajstić information content (AvgIpc) is 2.19. The second-order valence-electron chi connectivity index (χ2n) is 3.59. The molecule has 0 aliphatic carbocycles. The Morgan fingerprint density at radius 3 is 2.47 bits per heavy atom. The lowest BCUT2D eigenvalue weighted by Crippen LogP contribution is -2.16. The average molecular weight is 320 g/mol. The number of hydrogen-bond acceptors (Lipinski definition) is 4. The molecule has 0 radical (unpaired) electrons. The number of anilines is 1. The van der Waals surface area contributed by atoms with Gasteiger partial charge < -0.3 is 10.2 Å². The number of aromatic nitrogens is 2. The van der Waals surface area contributed by atoms with Gasteiger partial charge in [-0.1, -0.05) is 6.92 Å². The van der Waals surface area contributed by atoms with Crippen LogP contribution in [0.5, 0.6) is 0 Å². The molecule has 0 spiro atoms. The van der Waals surface area contributed by atoms with E-state index in [-0.39, 0.29) is 0 Å². The van der Waals surface area contributed by atoms with E-state index >= 15 is 0 Å². The van der Waals surface area contributed by atoms with E-state index in [9.17, 15) is 0 Å². The molecule has 0 amide bonds. The minimum absolute atomic E-state index is 0.776. The first kappa shape index (κ1) is 12.6. The topological polar surface area (TPSA) is 41.1 Å². The van der Waals surface area contributed by atoms with Crippen molar-refractivity contribution in [1.29, 1.82) is 0 Å². The largest absolute Gasteiger partial charge is 0.372 e. The maximum atomic E-state index is 4.54. The van der Waals surface area contributed by atoms with E-state index in [0.29, 0.717) is 0 Å². The Bertz CT molecular complexity index is 313. The summed E-state index contributed by atoms with van der Waals surface area (Å²) in [5.41, 5.74) is 1.12. The highest BCUT2D eigenvalue weighted by Crippen LogP contribution is 2.19. The van der Waals surface area contributed by atoms with Gasteiger partial charge in [-0.3, -0.25) is 0 Å². The fourth-order valence-corrected chi connectivity index (χ4v) is 2.19. The summed E-state index contributed by atoms with van der Waals surface area (Å²) in [5.74, 6) is 1.81. The molecule has 0 bridgehead atoms. The van der Waals surface area contributed by atoms with Crippen molar-refractivity contribution < 1.29 is 0 Å².